The fraction of sp³-hybridized carbons (Fsp3) is 0.417. The Hall–Kier alpha value is -1.60. The SMILES string of the molecule is CCOc1cccc(S(=O)(=O)N2CCNC(=O)C2)c1. The number of carbonyl (C=O) groups excluding carboxylic acids is 1. The Labute approximate surface area is 112 Å². The zero-order valence-corrected chi connectivity index (χ0v) is 11.4. The first-order valence-corrected chi connectivity index (χ1v) is 7.48. The van der Waals surface area contributed by atoms with Gasteiger partial charge >= 0.3 is 0 Å². The minimum absolute atomic E-state index is 0.138. The van der Waals surface area contributed by atoms with Crippen molar-refractivity contribution in [2.24, 2.45) is 0 Å². The van der Waals surface area contributed by atoms with E-state index in [1.165, 1.54) is 16.4 Å². The number of carbonyl (C=O) groups is 1. The van der Waals surface area contributed by atoms with Crippen LogP contribution in [0, 0.1) is 0 Å². The van der Waals surface area contributed by atoms with E-state index in [4.69, 9.17) is 4.74 Å². The molecule has 0 spiro atoms. The van der Waals surface area contributed by atoms with Gasteiger partial charge in [-0.2, -0.15) is 4.31 Å². The van der Waals surface area contributed by atoms with E-state index in [0.717, 1.165) is 0 Å². The minimum Gasteiger partial charge on any atom is -0.494 e. The molecular weight excluding hydrogens is 268 g/mol. The van der Waals surface area contributed by atoms with Crippen LogP contribution in [0.15, 0.2) is 29.2 Å². The third kappa shape index (κ3) is 3.05. The van der Waals surface area contributed by atoms with Crippen molar-refractivity contribution in [1.82, 2.24) is 9.62 Å². The maximum Gasteiger partial charge on any atom is 0.243 e. The van der Waals surface area contributed by atoms with Crippen molar-refractivity contribution in [3.05, 3.63) is 24.3 Å². The molecule has 104 valence electrons. The molecule has 1 aliphatic heterocycles. The third-order valence-electron chi connectivity index (χ3n) is 2.76. The monoisotopic (exact) mass is 284 g/mol. The van der Waals surface area contributed by atoms with Gasteiger partial charge in [-0.3, -0.25) is 4.79 Å². The van der Waals surface area contributed by atoms with Crippen LogP contribution in [0.3, 0.4) is 0 Å². The van der Waals surface area contributed by atoms with Gasteiger partial charge in [-0.1, -0.05) is 6.07 Å². The summed E-state index contributed by atoms with van der Waals surface area (Å²) >= 11 is 0. The molecule has 0 radical (unpaired) electrons. The van der Waals surface area contributed by atoms with E-state index >= 15 is 0 Å². The second-order valence-corrected chi connectivity index (χ2v) is 6.03. The van der Waals surface area contributed by atoms with Gasteiger partial charge in [-0.05, 0) is 19.1 Å². The van der Waals surface area contributed by atoms with Crippen LogP contribution >= 0.6 is 0 Å². The topological polar surface area (TPSA) is 75.7 Å². The molecule has 0 saturated carbocycles. The number of sulfonamides is 1. The zero-order chi connectivity index (χ0) is 13.9. The molecule has 2 rings (SSSR count). The summed E-state index contributed by atoms with van der Waals surface area (Å²) in [4.78, 5) is 11.4. The third-order valence-corrected chi connectivity index (χ3v) is 4.60. The first kappa shape index (κ1) is 13.8. The molecule has 1 heterocycles. The molecule has 0 aromatic heterocycles. The first-order valence-electron chi connectivity index (χ1n) is 6.03. The zero-order valence-electron chi connectivity index (χ0n) is 10.6. The molecule has 1 aliphatic rings. The van der Waals surface area contributed by atoms with Gasteiger partial charge in [0.05, 0.1) is 18.0 Å². The van der Waals surface area contributed by atoms with Gasteiger partial charge in [-0.25, -0.2) is 8.42 Å². The normalized spacial score (nSPS) is 17.0. The van der Waals surface area contributed by atoms with E-state index in [1.807, 2.05) is 6.92 Å². The van der Waals surface area contributed by atoms with Crippen molar-refractivity contribution < 1.29 is 17.9 Å². The number of hydrogen-bond acceptors (Lipinski definition) is 4. The fourth-order valence-corrected chi connectivity index (χ4v) is 3.29. The number of benzene rings is 1. The standard InChI is InChI=1S/C12H16N2O4S/c1-2-18-10-4-3-5-11(8-10)19(16,17)14-7-6-13-12(15)9-14/h3-5,8H,2,6-7,9H2,1H3,(H,13,15). The Bertz CT molecular complexity index is 571. The molecule has 1 N–H and O–H groups in total. The number of hydrogen-bond donors (Lipinski definition) is 1. The quantitative estimate of drug-likeness (QED) is 0.857. The summed E-state index contributed by atoms with van der Waals surface area (Å²) in [5.74, 6) is 0.223. The highest BCUT2D eigenvalue weighted by Crippen LogP contribution is 2.21. The van der Waals surface area contributed by atoms with E-state index in [1.54, 1.807) is 12.1 Å². The largest absolute Gasteiger partial charge is 0.494 e. The maximum atomic E-state index is 12.4. The average Bonchev–Trinajstić information content (AvgIpc) is 2.39. The lowest BCUT2D eigenvalue weighted by atomic mass is 10.3. The number of nitrogens with zero attached hydrogens (tertiary/aromatic N) is 1. The Morgan fingerprint density at radius 1 is 1.42 bits per heavy atom. The lowest BCUT2D eigenvalue weighted by molar-refractivity contribution is -0.122. The average molecular weight is 284 g/mol. The summed E-state index contributed by atoms with van der Waals surface area (Å²) in [5.41, 5.74) is 0. The van der Waals surface area contributed by atoms with Crippen LogP contribution in [0.1, 0.15) is 6.92 Å². The molecule has 1 saturated heterocycles. The lowest BCUT2D eigenvalue weighted by Gasteiger charge is -2.26. The summed E-state index contributed by atoms with van der Waals surface area (Å²) < 4.78 is 31.2. The molecule has 6 nitrogen and oxygen atoms in total. The Morgan fingerprint density at radius 2 is 2.21 bits per heavy atom. The Kier molecular flexibility index (Phi) is 4.06. The second-order valence-electron chi connectivity index (χ2n) is 4.10. The van der Waals surface area contributed by atoms with Crippen LogP contribution in [0.5, 0.6) is 5.75 Å². The molecule has 19 heavy (non-hydrogen) atoms. The highest BCUT2D eigenvalue weighted by atomic mass is 32.2. The van der Waals surface area contributed by atoms with Crippen LogP contribution in [-0.4, -0.2) is 44.9 Å². The highest BCUT2D eigenvalue weighted by Gasteiger charge is 2.29. The van der Waals surface area contributed by atoms with Crippen molar-refractivity contribution in [3.63, 3.8) is 0 Å². The van der Waals surface area contributed by atoms with Gasteiger partial charge in [0, 0.05) is 19.2 Å². The number of ether oxygens (including phenoxy) is 1. The van der Waals surface area contributed by atoms with Crippen LogP contribution in [0.4, 0.5) is 0 Å². The molecule has 0 aliphatic carbocycles. The van der Waals surface area contributed by atoms with Gasteiger partial charge < -0.3 is 10.1 Å². The van der Waals surface area contributed by atoms with Gasteiger partial charge in [0.25, 0.3) is 0 Å². The van der Waals surface area contributed by atoms with E-state index < -0.39 is 10.0 Å². The fourth-order valence-electron chi connectivity index (χ4n) is 1.86. The molecule has 1 aromatic rings. The molecule has 0 atom stereocenters. The Balaban J connectivity index is 2.28. The minimum atomic E-state index is -3.64. The van der Waals surface area contributed by atoms with E-state index in [0.29, 0.717) is 18.9 Å². The van der Waals surface area contributed by atoms with Crippen LogP contribution in [0.25, 0.3) is 0 Å². The molecule has 1 fully saturated rings. The van der Waals surface area contributed by atoms with Crippen LogP contribution in [-0.2, 0) is 14.8 Å². The van der Waals surface area contributed by atoms with Crippen molar-refractivity contribution in [3.8, 4) is 5.75 Å². The predicted molar refractivity (Wildman–Crippen MR) is 69.4 cm³/mol. The summed E-state index contributed by atoms with van der Waals surface area (Å²) in [6, 6.07) is 6.31. The number of piperazine rings is 1. The van der Waals surface area contributed by atoms with E-state index in [2.05, 4.69) is 5.32 Å². The number of nitrogens with one attached hydrogen (secondary N) is 1. The molecule has 1 amide bonds. The van der Waals surface area contributed by atoms with Gasteiger partial charge in [0.2, 0.25) is 15.9 Å². The van der Waals surface area contributed by atoms with Crippen LogP contribution < -0.4 is 10.1 Å². The summed E-state index contributed by atoms with van der Waals surface area (Å²) in [6.07, 6.45) is 0. The van der Waals surface area contributed by atoms with Crippen molar-refractivity contribution >= 4 is 15.9 Å². The Morgan fingerprint density at radius 3 is 2.89 bits per heavy atom. The van der Waals surface area contributed by atoms with Crippen LogP contribution in [0.2, 0.25) is 0 Å². The second kappa shape index (κ2) is 5.58. The molecule has 7 heteroatoms. The van der Waals surface area contributed by atoms with Gasteiger partial charge in [0.15, 0.2) is 0 Å². The summed E-state index contributed by atoms with van der Waals surface area (Å²) in [5, 5.41) is 2.60. The van der Waals surface area contributed by atoms with Crippen molar-refractivity contribution in [1.29, 1.82) is 0 Å². The van der Waals surface area contributed by atoms with Crippen molar-refractivity contribution in [2.45, 2.75) is 11.8 Å². The highest BCUT2D eigenvalue weighted by molar-refractivity contribution is 7.89. The summed E-state index contributed by atoms with van der Waals surface area (Å²) in [6.45, 7) is 2.78. The van der Waals surface area contributed by atoms with E-state index in [-0.39, 0.29) is 23.9 Å². The van der Waals surface area contributed by atoms with Gasteiger partial charge in [0.1, 0.15) is 5.75 Å². The molecule has 1 aromatic carbocycles. The van der Waals surface area contributed by atoms with Gasteiger partial charge in [-0.15, -0.1) is 0 Å². The maximum absolute atomic E-state index is 12.4. The van der Waals surface area contributed by atoms with Crippen molar-refractivity contribution in [2.75, 3.05) is 26.2 Å². The molecule has 0 unspecified atom stereocenters. The molecule has 0 bridgehead atoms. The first-order chi connectivity index (χ1) is 9.04. The number of rotatable bonds is 4. The van der Waals surface area contributed by atoms with E-state index in [9.17, 15) is 13.2 Å². The number of amides is 1. The predicted octanol–water partition coefficient (Wildman–Crippen LogP) is 0.206. The lowest BCUT2D eigenvalue weighted by Crippen LogP contribution is -2.49. The summed E-state index contributed by atoms with van der Waals surface area (Å²) in [7, 11) is -3.64. The molecular formula is C12H16N2O4S. The smallest absolute Gasteiger partial charge is 0.243 e.